The zero-order chi connectivity index (χ0) is 13.0. The molecule has 0 bridgehead atoms. The summed E-state index contributed by atoms with van der Waals surface area (Å²) in [4.78, 5) is 2.49. The first-order valence-corrected chi connectivity index (χ1v) is 7.26. The average Bonchev–Trinajstić information content (AvgIpc) is 2.40. The smallest absolute Gasteiger partial charge is 0.0509 e. The van der Waals surface area contributed by atoms with Gasteiger partial charge in [-0.15, -0.1) is 0 Å². The van der Waals surface area contributed by atoms with E-state index in [1.807, 2.05) is 0 Å². The molecule has 2 aliphatic heterocycles. The maximum absolute atomic E-state index is 6.11. The lowest BCUT2D eigenvalue weighted by molar-refractivity contribution is -0.0681. The van der Waals surface area contributed by atoms with Crippen LogP contribution in [0, 0.1) is 11.8 Å². The van der Waals surface area contributed by atoms with Crippen LogP contribution in [0.4, 0.5) is 0 Å². The van der Waals surface area contributed by atoms with Crippen LogP contribution in [0.5, 0.6) is 0 Å². The van der Waals surface area contributed by atoms with Crippen LogP contribution in [-0.4, -0.2) is 57.0 Å². The average molecular weight is 256 g/mol. The van der Waals surface area contributed by atoms with Gasteiger partial charge in [-0.3, -0.25) is 4.90 Å². The zero-order valence-electron chi connectivity index (χ0n) is 11.9. The summed E-state index contributed by atoms with van der Waals surface area (Å²) in [5, 5.41) is 0. The number of nitrogens with two attached hydrogens (primary N) is 1. The predicted octanol–water partition coefficient (Wildman–Crippen LogP) is 1.10. The molecule has 18 heavy (non-hydrogen) atoms. The first-order chi connectivity index (χ1) is 8.69. The molecular weight excluding hydrogens is 228 g/mol. The van der Waals surface area contributed by atoms with Crippen molar-refractivity contribution in [1.82, 2.24) is 4.90 Å². The van der Waals surface area contributed by atoms with Crippen LogP contribution in [0.15, 0.2) is 0 Å². The number of rotatable bonds is 4. The number of nitrogens with zero attached hydrogens (tertiary/aromatic N) is 1. The number of hydrogen-bond donors (Lipinski definition) is 1. The van der Waals surface area contributed by atoms with Crippen LogP contribution in [0.2, 0.25) is 0 Å². The van der Waals surface area contributed by atoms with Gasteiger partial charge in [0.05, 0.1) is 13.2 Å². The van der Waals surface area contributed by atoms with Crippen molar-refractivity contribution in [2.45, 2.75) is 31.7 Å². The number of ether oxygens (including phenoxy) is 2. The molecule has 0 aromatic carbocycles. The molecule has 2 aliphatic rings. The van der Waals surface area contributed by atoms with E-state index >= 15 is 0 Å². The molecule has 3 atom stereocenters. The van der Waals surface area contributed by atoms with E-state index in [2.05, 4.69) is 18.9 Å². The fraction of sp³-hybridized carbons (Fsp3) is 1.00. The van der Waals surface area contributed by atoms with Gasteiger partial charge in [-0.1, -0.05) is 6.92 Å². The van der Waals surface area contributed by atoms with Gasteiger partial charge >= 0.3 is 0 Å². The van der Waals surface area contributed by atoms with Gasteiger partial charge in [0.15, 0.2) is 0 Å². The molecule has 0 aromatic heterocycles. The minimum Gasteiger partial charge on any atom is -0.381 e. The van der Waals surface area contributed by atoms with Gasteiger partial charge in [0.1, 0.15) is 0 Å². The van der Waals surface area contributed by atoms with E-state index in [-0.39, 0.29) is 5.54 Å². The highest BCUT2D eigenvalue weighted by atomic mass is 16.5. The second-order valence-electron chi connectivity index (χ2n) is 6.00. The Balaban J connectivity index is 1.97. The highest BCUT2D eigenvalue weighted by molar-refractivity contribution is 4.97. The van der Waals surface area contributed by atoms with Crippen molar-refractivity contribution >= 4 is 0 Å². The minimum atomic E-state index is 0.121. The molecular formula is C14H28N2O2. The van der Waals surface area contributed by atoms with Crippen molar-refractivity contribution in [3.63, 3.8) is 0 Å². The fourth-order valence-electron chi connectivity index (χ4n) is 3.46. The third kappa shape index (κ3) is 2.87. The molecule has 0 aromatic rings. The van der Waals surface area contributed by atoms with Crippen LogP contribution >= 0.6 is 0 Å². The Hall–Kier alpha value is -0.160. The molecule has 4 heteroatoms. The summed E-state index contributed by atoms with van der Waals surface area (Å²) in [6, 6.07) is 0. The summed E-state index contributed by atoms with van der Waals surface area (Å²) in [6.45, 7) is 7.61. The molecule has 0 amide bonds. The standard InChI is InChI=1S/C14H28N2O2/c1-12-9-18-7-5-14(12,11-15)16(2)8-13-4-3-6-17-10-13/h12-13H,3-11,15H2,1-2H3. The Morgan fingerprint density at radius 3 is 2.67 bits per heavy atom. The quantitative estimate of drug-likeness (QED) is 0.818. The van der Waals surface area contributed by atoms with E-state index in [0.29, 0.717) is 11.8 Å². The second-order valence-corrected chi connectivity index (χ2v) is 6.00. The molecule has 2 saturated heterocycles. The SMILES string of the molecule is CC1COCCC1(CN)N(C)CC1CCCOC1. The molecule has 2 fully saturated rings. The largest absolute Gasteiger partial charge is 0.381 e. The van der Waals surface area contributed by atoms with Crippen LogP contribution in [0.1, 0.15) is 26.2 Å². The van der Waals surface area contributed by atoms with Crippen molar-refractivity contribution in [1.29, 1.82) is 0 Å². The maximum Gasteiger partial charge on any atom is 0.0509 e. The third-order valence-corrected chi connectivity index (χ3v) is 4.86. The normalized spacial score (nSPS) is 38.0. The molecule has 0 radical (unpaired) electrons. The van der Waals surface area contributed by atoms with Gasteiger partial charge in [0.25, 0.3) is 0 Å². The lowest BCUT2D eigenvalue weighted by Gasteiger charge is -2.49. The van der Waals surface area contributed by atoms with Gasteiger partial charge in [-0.05, 0) is 38.1 Å². The fourth-order valence-corrected chi connectivity index (χ4v) is 3.46. The Labute approximate surface area is 111 Å². The van der Waals surface area contributed by atoms with Gasteiger partial charge in [-0.25, -0.2) is 0 Å². The molecule has 3 unspecified atom stereocenters. The first kappa shape index (κ1) is 14.3. The van der Waals surface area contributed by atoms with Crippen molar-refractivity contribution in [2.75, 3.05) is 46.6 Å². The van der Waals surface area contributed by atoms with E-state index < -0.39 is 0 Å². The van der Waals surface area contributed by atoms with Crippen molar-refractivity contribution < 1.29 is 9.47 Å². The van der Waals surface area contributed by atoms with Gasteiger partial charge in [0.2, 0.25) is 0 Å². The van der Waals surface area contributed by atoms with Crippen LogP contribution < -0.4 is 5.73 Å². The Bertz CT molecular complexity index is 256. The molecule has 2 N–H and O–H groups in total. The summed E-state index contributed by atoms with van der Waals surface area (Å²) in [7, 11) is 2.23. The molecule has 106 valence electrons. The van der Waals surface area contributed by atoms with Crippen molar-refractivity contribution in [3.05, 3.63) is 0 Å². The summed E-state index contributed by atoms with van der Waals surface area (Å²) in [5.74, 6) is 1.17. The zero-order valence-corrected chi connectivity index (χ0v) is 11.9. The van der Waals surface area contributed by atoms with Gasteiger partial charge in [-0.2, -0.15) is 0 Å². The topological polar surface area (TPSA) is 47.7 Å². The van der Waals surface area contributed by atoms with Gasteiger partial charge in [0, 0.05) is 31.8 Å². The van der Waals surface area contributed by atoms with Crippen LogP contribution in [0.25, 0.3) is 0 Å². The van der Waals surface area contributed by atoms with E-state index in [1.165, 1.54) is 12.8 Å². The van der Waals surface area contributed by atoms with Crippen LogP contribution in [0.3, 0.4) is 0 Å². The molecule has 0 spiro atoms. The highest BCUT2D eigenvalue weighted by Crippen LogP contribution is 2.32. The number of likely N-dealkylation sites (N-methyl/N-ethyl adjacent to an activating group) is 1. The predicted molar refractivity (Wildman–Crippen MR) is 72.6 cm³/mol. The lowest BCUT2D eigenvalue weighted by atomic mass is 9.79. The summed E-state index contributed by atoms with van der Waals surface area (Å²) in [5.41, 5.74) is 6.23. The van der Waals surface area contributed by atoms with Crippen LogP contribution in [-0.2, 0) is 9.47 Å². The Morgan fingerprint density at radius 1 is 1.28 bits per heavy atom. The molecule has 2 heterocycles. The molecule has 0 aliphatic carbocycles. The molecule has 4 nitrogen and oxygen atoms in total. The van der Waals surface area contributed by atoms with E-state index in [0.717, 1.165) is 45.9 Å². The van der Waals surface area contributed by atoms with E-state index in [9.17, 15) is 0 Å². The third-order valence-electron chi connectivity index (χ3n) is 4.86. The van der Waals surface area contributed by atoms with E-state index in [1.54, 1.807) is 0 Å². The van der Waals surface area contributed by atoms with E-state index in [4.69, 9.17) is 15.2 Å². The Kier molecular flexibility index (Phi) is 5.01. The molecule has 2 rings (SSSR count). The Morgan fingerprint density at radius 2 is 2.06 bits per heavy atom. The summed E-state index contributed by atoms with van der Waals surface area (Å²) in [6.07, 6.45) is 3.54. The monoisotopic (exact) mass is 256 g/mol. The summed E-state index contributed by atoms with van der Waals surface area (Å²) >= 11 is 0. The van der Waals surface area contributed by atoms with Crippen molar-refractivity contribution in [3.8, 4) is 0 Å². The van der Waals surface area contributed by atoms with Gasteiger partial charge < -0.3 is 15.2 Å². The first-order valence-electron chi connectivity index (χ1n) is 7.26. The lowest BCUT2D eigenvalue weighted by Crippen LogP contribution is -2.61. The molecule has 0 saturated carbocycles. The van der Waals surface area contributed by atoms with Crippen molar-refractivity contribution in [2.24, 2.45) is 17.6 Å². The summed E-state index contributed by atoms with van der Waals surface area (Å²) < 4.78 is 11.2. The maximum atomic E-state index is 6.11. The highest BCUT2D eigenvalue weighted by Gasteiger charge is 2.41. The second kappa shape index (κ2) is 6.33. The number of hydrogen-bond acceptors (Lipinski definition) is 4. The minimum absolute atomic E-state index is 0.121.